The topological polar surface area (TPSA) is 91.3 Å². The molecule has 7 heteroatoms. The summed E-state index contributed by atoms with van der Waals surface area (Å²) in [5.74, 6) is 0.611. The van der Waals surface area contributed by atoms with Gasteiger partial charge in [-0.15, -0.1) is 0 Å². The maximum absolute atomic E-state index is 12.9. The lowest BCUT2D eigenvalue weighted by Gasteiger charge is -2.10. The standard InChI is InChI=1S/C26H26O7/c1-30-21-9-17(10-22(14-21)31-2)6-5-16-7-18(11-20(27)8-16)25(28)26(29)19-12-23(32-3)15-24(13-19)33-4/h7-15,27H,5-6H2,1-4H3. The summed E-state index contributed by atoms with van der Waals surface area (Å²) in [6.45, 7) is 0. The zero-order chi connectivity index (χ0) is 24.0. The van der Waals surface area contributed by atoms with E-state index in [1.54, 1.807) is 38.5 Å². The maximum Gasteiger partial charge on any atom is 0.233 e. The number of aryl methyl sites for hydroxylation is 2. The Hall–Kier alpha value is -4.00. The number of phenols is 1. The smallest absolute Gasteiger partial charge is 0.233 e. The largest absolute Gasteiger partial charge is 0.508 e. The van der Waals surface area contributed by atoms with E-state index in [0.29, 0.717) is 35.8 Å². The van der Waals surface area contributed by atoms with Gasteiger partial charge in [-0.2, -0.15) is 0 Å². The van der Waals surface area contributed by atoms with Crippen LogP contribution in [0.3, 0.4) is 0 Å². The zero-order valence-corrected chi connectivity index (χ0v) is 19.0. The molecule has 0 heterocycles. The Morgan fingerprint density at radius 2 is 0.970 bits per heavy atom. The summed E-state index contributed by atoms with van der Waals surface area (Å²) >= 11 is 0. The molecule has 0 aromatic heterocycles. The van der Waals surface area contributed by atoms with Gasteiger partial charge in [-0.1, -0.05) is 0 Å². The number of aromatic hydroxyl groups is 1. The van der Waals surface area contributed by atoms with Crippen molar-refractivity contribution < 1.29 is 33.6 Å². The number of hydrogen-bond acceptors (Lipinski definition) is 7. The SMILES string of the molecule is COc1cc(CCc2cc(O)cc(C(=O)C(=O)c3cc(OC)cc(OC)c3)c2)cc(OC)c1. The lowest BCUT2D eigenvalue weighted by atomic mass is 9.97. The summed E-state index contributed by atoms with van der Waals surface area (Å²) < 4.78 is 21.0. The minimum atomic E-state index is -0.731. The van der Waals surface area contributed by atoms with Crippen LogP contribution in [0.15, 0.2) is 54.6 Å². The van der Waals surface area contributed by atoms with E-state index in [1.807, 2.05) is 12.1 Å². The Morgan fingerprint density at radius 3 is 1.42 bits per heavy atom. The second-order valence-corrected chi connectivity index (χ2v) is 7.37. The Labute approximate surface area is 192 Å². The number of phenolic OH excluding ortho intramolecular Hbond substituents is 1. The van der Waals surface area contributed by atoms with Crippen molar-refractivity contribution >= 4 is 11.6 Å². The van der Waals surface area contributed by atoms with Crippen LogP contribution in [0.2, 0.25) is 0 Å². The highest BCUT2D eigenvalue weighted by Gasteiger charge is 2.21. The van der Waals surface area contributed by atoms with Gasteiger partial charge in [0.25, 0.3) is 0 Å². The molecule has 0 saturated heterocycles. The monoisotopic (exact) mass is 450 g/mol. The van der Waals surface area contributed by atoms with Gasteiger partial charge in [-0.25, -0.2) is 0 Å². The number of rotatable bonds is 10. The highest BCUT2D eigenvalue weighted by molar-refractivity contribution is 6.49. The van der Waals surface area contributed by atoms with E-state index in [2.05, 4.69) is 0 Å². The van der Waals surface area contributed by atoms with Crippen LogP contribution in [-0.2, 0) is 12.8 Å². The first-order valence-electron chi connectivity index (χ1n) is 10.2. The molecule has 0 unspecified atom stereocenters. The minimum Gasteiger partial charge on any atom is -0.508 e. The van der Waals surface area contributed by atoms with Gasteiger partial charge in [-0.05, 0) is 66.4 Å². The molecule has 1 N–H and O–H groups in total. The number of hydrogen-bond donors (Lipinski definition) is 1. The third kappa shape index (κ3) is 5.83. The average Bonchev–Trinajstić information content (AvgIpc) is 2.85. The van der Waals surface area contributed by atoms with Crippen molar-refractivity contribution in [2.24, 2.45) is 0 Å². The fraction of sp³-hybridized carbons (Fsp3) is 0.231. The predicted octanol–water partition coefficient (Wildman–Crippen LogP) is 4.28. The number of Topliss-reactive ketones (excluding diaryl/α,β-unsaturated/α-hetero) is 2. The highest BCUT2D eigenvalue weighted by atomic mass is 16.5. The predicted molar refractivity (Wildman–Crippen MR) is 123 cm³/mol. The average molecular weight is 450 g/mol. The van der Waals surface area contributed by atoms with E-state index in [9.17, 15) is 14.7 Å². The second-order valence-electron chi connectivity index (χ2n) is 7.37. The van der Waals surface area contributed by atoms with Crippen molar-refractivity contribution in [3.8, 4) is 28.7 Å². The summed E-state index contributed by atoms with van der Waals surface area (Å²) in [7, 11) is 6.09. The van der Waals surface area contributed by atoms with Crippen LogP contribution in [0.25, 0.3) is 0 Å². The molecule has 3 rings (SSSR count). The van der Waals surface area contributed by atoms with Crippen LogP contribution in [-0.4, -0.2) is 45.1 Å². The first-order chi connectivity index (χ1) is 15.9. The molecule has 0 aliphatic rings. The Balaban J connectivity index is 1.83. The molecular formula is C26H26O7. The van der Waals surface area contributed by atoms with Crippen molar-refractivity contribution in [2.45, 2.75) is 12.8 Å². The first kappa shape index (κ1) is 23.7. The van der Waals surface area contributed by atoms with E-state index < -0.39 is 11.6 Å². The van der Waals surface area contributed by atoms with E-state index in [0.717, 1.165) is 11.1 Å². The summed E-state index contributed by atoms with van der Waals surface area (Å²) in [6.07, 6.45) is 1.15. The van der Waals surface area contributed by atoms with Crippen molar-refractivity contribution in [3.05, 3.63) is 76.9 Å². The zero-order valence-electron chi connectivity index (χ0n) is 19.0. The fourth-order valence-electron chi connectivity index (χ4n) is 3.45. The van der Waals surface area contributed by atoms with Gasteiger partial charge in [-0.3, -0.25) is 9.59 Å². The Morgan fingerprint density at radius 1 is 0.576 bits per heavy atom. The van der Waals surface area contributed by atoms with Crippen LogP contribution in [0, 0.1) is 0 Å². The number of benzene rings is 3. The maximum atomic E-state index is 12.9. The Kier molecular flexibility index (Phi) is 7.56. The second kappa shape index (κ2) is 10.5. The number of ether oxygens (including phenoxy) is 4. The summed E-state index contributed by atoms with van der Waals surface area (Å²) in [6, 6.07) is 14.6. The van der Waals surface area contributed by atoms with Gasteiger partial charge in [0.1, 0.15) is 28.7 Å². The lowest BCUT2D eigenvalue weighted by Crippen LogP contribution is -2.15. The van der Waals surface area contributed by atoms with Crippen LogP contribution in [0.1, 0.15) is 31.8 Å². The van der Waals surface area contributed by atoms with Gasteiger partial charge < -0.3 is 24.1 Å². The Bertz CT molecular complexity index is 1120. The molecule has 0 saturated carbocycles. The van der Waals surface area contributed by atoms with Gasteiger partial charge in [0.2, 0.25) is 11.6 Å². The van der Waals surface area contributed by atoms with Crippen LogP contribution in [0.5, 0.6) is 28.7 Å². The molecular weight excluding hydrogens is 424 g/mol. The molecule has 0 fully saturated rings. The summed E-state index contributed by atoms with van der Waals surface area (Å²) in [5.41, 5.74) is 1.95. The van der Waals surface area contributed by atoms with E-state index in [4.69, 9.17) is 18.9 Å². The van der Waals surface area contributed by atoms with Crippen molar-refractivity contribution in [1.82, 2.24) is 0 Å². The molecule has 3 aromatic rings. The van der Waals surface area contributed by atoms with Crippen molar-refractivity contribution in [2.75, 3.05) is 28.4 Å². The number of carbonyl (C=O) groups is 2. The van der Waals surface area contributed by atoms with Crippen molar-refractivity contribution in [1.29, 1.82) is 0 Å². The first-order valence-corrected chi connectivity index (χ1v) is 10.2. The third-order valence-electron chi connectivity index (χ3n) is 5.17. The van der Waals surface area contributed by atoms with E-state index in [1.165, 1.54) is 32.4 Å². The number of methoxy groups -OCH3 is 4. The molecule has 0 aliphatic heterocycles. The summed E-state index contributed by atoms with van der Waals surface area (Å²) in [4.78, 5) is 25.8. The lowest BCUT2D eigenvalue weighted by molar-refractivity contribution is 0.0816. The van der Waals surface area contributed by atoms with Crippen LogP contribution >= 0.6 is 0 Å². The molecule has 3 aromatic carbocycles. The molecule has 0 aliphatic carbocycles. The van der Waals surface area contributed by atoms with E-state index in [-0.39, 0.29) is 16.9 Å². The van der Waals surface area contributed by atoms with Gasteiger partial charge >= 0.3 is 0 Å². The quantitative estimate of drug-likeness (QED) is 0.364. The molecule has 0 radical (unpaired) electrons. The molecule has 0 amide bonds. The highest BCUT2D eigenvalue weighted by Crippen LogP contribution is 2.26. The van der Waals surface area contributed by atoms with Gasteiger partial charge in [0, 0.05) is 23.3 Å². The van der Waals surface area contributed by atoms with Crippen LogP contribution in [0.4, 0.5) is 0 Å². The number of carbonyl (C=O) groups excluding carboxylic acids is 2. The normalized spacial score (nSPS) is 10.4. The molecule has 172 valence electrons. The van der Waals surface area contributed by atoms with E-state index >= 15 is 0 Å². The van der Waals surface area contributed by atoms with Gasteiger partial charge in [0.15, 0.2) is 0 Å². The molecule has 0 spiro atoms. The molecule has 0 bridgehead atoms. The van der Waals surface area contributed by atoms with Gasteiger partial charge in [0.05, 0.1) is 28.4 Å². The number of ketones is 2. The molecule has 7 nitrogen and oxygen atoms in total. The van der Waals surface area contributed by atoms with Crippen LogP contribution < -0.4 is 18.9 Å². The fourth-order valence-corrected chi connectivity index (χ4v) is 3.45. The summed E-state index contributed by atoms with van der Waals surface area (Å²) in [5, 5.41) is 10.2. The third-order valence-corrected chi connectivity index (χ3v) is 5.17. The molecule has 0 atom stereocenters. The van der Waals surface area contributed by atoms with Crippen molar-refractivity contribution in [3.63, 3.8) is 0 Å². The molecule has 33 heavy (non-hydrogen) atoms. The minimum absolute atomic E-state index is 0.0879.